The molecule has 2 aromatic heterocycles. The molecule has 0 atom stereocenters. The number of esters is 1. The van der Waals surface area contributed by atoms with Crippen molar-refractivity contribution < 1.29 is 18.4 Å². The van der Waals surface area contributed by atoms with Crippen molar-refractivity contribution in [2.75, 3.05) is 0 Å². The van der Waals surface area contributed by atoms with Crippen molar-refractivity contribution in [1.82, 2.24) is 0 Å². The number of rotatable bonds is 6. The topological polar surface area (TPSA) is 69.7 Å². The molecule has 2 heterocycles. The zero-order valence-electron chi connectivity index (χ0n) is 44.4. The number of benzene rings is 20. The van der Waals surface area contributed by atoms with E-state index in [0.717, 1.165) is 11.8 Å². The number of ether oxygens (including phenoxy) is 1. The Morgan fingerprint density at radius 2 is 0.644 bits per heavy atom. The summed E-state index contributed by atoms with van der Waals surface area (Å²) >= 11 is 0. The molecule has 2 spiro atoms. The number of hydrogen-bond donors (Lipinski definition) is 0. The molecule has 0 saturated heterocycles. The first kappa shape index (κ1) is 34.8. The van der Waals surface area contributed by atoms with Gasteiger partial charge in [-0.3, -0.25) is 4.79 Å². The van der Waals surface area contributed by atoms with Gasteiger partial charge in [0.25, 0.3) is 0 Å². The van der Waals surface area contributed by atoms with Crippen LogP contribution in [-0.2, 0) is 21.0 Å². The summed E-state index contributed by atoms with van der Waals surface area (Å²) in [7, 11) is 0. The molecule has 1 saturated carbocycles. The SMILES string of the molecule is O=C(CCCC1(c2ccccc2)C23c4c5c6c7c8c9c(c%10c%11c2c2c4c4c%12c5c5c6c6c8c8c%13c9c9c%10c%10c%11c%11c2c2c4c4c%12c%12c5c5c6c8c6c8c%13c9c9c%10c%10c%11c2c2c4c4c%12c5c6c5c8c9c%10c2c45)C713)Oc1c2occc2cc2ccc(=O)oc12. The lowest BCUT2D eigenvalue weighted by molar-refractivity contribution is -0.134. The molecule has 32 aromatic rings. The van der Waals surface area contributed by atoms with Crippen molar-refractivity contribution in [2.24, 2.45) is 0 Å². The maximum atomic E-state index is 15.2. The van der Waals surface area contributed by atoms with Crippen LogP contribution in [0.25, 0.3) is 313 Å². The molecule has 0 bridgehead atoms. The number of hydrogen-bond acceptors (Lipinski definition) is 5. The summed E-state index contributed by atoms with van der Waals surface area (Å²) < 4.78 is 18.4. The quantitative estimate of drug-likeness (QED) is 0.0718. The molecule has 0 aliphatic heterocycles. The van der Waals surface area contributed by atoms with Gasteiger partial charge < -0.3 is 13.6 Å². The van der Waals surface area contributed by atoms with Gasteiger partial charge in [0.15, 0.2) is 11.2 Å². The lowest BCUT2D eigenvalue weighted by Gasteiger charge is -2.32. The van der Waals surface area contributed by atoms with Gasteiger partial charge in [-0.15, -0.1) is 0 Å². The Kier molecular flexibility index (Phi) is 3.38. The predicted molar refractivity (Wildman–Crippen MR) is 354 cm³/mol. The summed E-state index contributed by atoms with van der Waals surface area (Å²) in [4.78, 5) is 28.1. The minimum Gasteiger partial charge on any atom is -0.460 e. The van der Waals surface area contributed by atoms with E-state index in [1.807, 2.05) is 12.1 Å². The third kappa shape index (κ3) is 2.09. The summed E-state index contributed by atoms with van der Waals surface area (Å²) in [5.41, 5.74) is 6.70. The highest BCUT2D eigenvalue weighted by molar-refractivity contribution is 6.82. The summed E-state index contributed by atoms with van der Waals surface area (Å²) in [5.74, 6) is -0.159. The second-order valence-corrected chi connectivity index (χ2v) is 30.1. The molecule has 30 aromatic carbocycles. The standard InChI is InChI=1S/C82H16O5/c83-17(87-79-77-15(10-12-85-77)13-14-8-9-18(84)86-78(14)79)7-4-11-80(16-5-2-1-3-6-16)81-73-65-57-47-37-29-21-19-20-23-27-25(21)33-41-35(27)45-39-31(23)32-24(20)28-26-22(19)30(29)38-44-34(26)42-36(28)46-40(32)50-49(39)59-53(45)63-55(41)61(51(57)43(33)37)69(73)71(63)75-67(59)68-60(50)54(46)64-56(42)62-52(44)58(48(38)47)66(65)74(81)70(62)72(64)76(68)82(75,80)81/h1-3,5-6,8-10,12-13H,4,7,11H2. The first-order valence-electron chi connectivity index (χ1n) is 31.6. The molecule has 0 amide bonds. The molecule has 374 valence electrons. The first-order valence-corrected chi connectivity index (χ1v) is 31.6. The summed E-state index contributed by atoms with van der Waals surface area (Å²) in [5, 5.41) is 87.6. The van der Waals surface area contributed by atoms with Crippen LogP contribution in [-0.4, -0.2) is 5.97 Å². The summed E-state index contributed by atoms with van der Waals surface area (Å²) in [6.07, 6.45) is 3.19. The van der Waals surface area contributed by atoms with E-state index in [2.05, 4.69) is 30.3 Å². The van der Waals surface area contributed by atoms with E-state index in [9.17, 15) is 4.79 Å². The molecule has 5 nitrogen and oxygen atoms in total. The van der Waals surface area contributed by atoms with Crippen LogP contribution < -0.4 is 10.4 Å². The Morgan fingerprint density at radius 1 is 0.345 bits per heavy atom. The van der Waals surface area contributed by atoms with Crippen LogP contribution in [0.5, 0.6) is 5.75 Å². The van der Waals surface area contributed by atoms with Gasteiger partial charge in [-0.05, 0) is 350 Å². The van der Waals surface area contributed by atoms with E-state index >= 15 is 4.79 Å². The molecular formula is C82H16O5. The van der Waals surface area contributed by atoms with Gasteiger partial charge in [0.05, 0.1) is 6.26 Å². The molecule has 37 rings (SSSR count). The highest BCUT2D eigenvalue weighted by Crippen LogP contribution is 2.97. The number of fused-ring (bicyclic) bond motifs is 2. The Bertz CT molecular complexity index is 8230. The number of carbonyl (C=O) groups is 1. The molecule has 5 heteroatoms. The molecule has 5 aliphatic carbocycles. The van der Waals surface area contributed by atoms with Gasteiger partial charge in [-0.2, -0.15) is 0 Å². The Balaban J connectivity index is 0.852. The molecule has 0 unspecified atom stereocenters. The monoisotopic (exact) mass is 1080 g/mol. The van der Waals surface area contributed by atoms with E-state index in [0.29, 0.717) is 17.4 Å². The molecule has 87 heavy (non-hydrogen) atoms. The highest BCUT2D eigenvalue weighted by atomic mass is 16.5. The second kappa shape index (κ2) is 8.44. The smallest absolute Gasteiger partial charge is 0.336 e. The largest absolute Gasteiger partial charge is 0.460 e. The third-order valence-electron chi connectivity index (χ3n) is 29.2. The van der Waals surface area contributed by atoms with Gasteiger partial charge >= 0.3 is 11.6 Å². The van der Waals surface area contributed by atoms with E-state index in [1.54, 1.807) is 325 Å². The van der Waals surface area contributed by atoms with E-state index < -0.39 is 21.9 Å². The van der Waals surface area contributed by atoms with Crippen LogP contribution >= 0.6 is 0 Å². The van der Waals surface area contributed by atoms with Crippen LogP contribution in [0.1, 0.15) is 47.1 Å². The fourth-order valence-electron chi connectivity index (χ4n) is 28.8. The van der Waals surface area contributed by atoms with Crippen molar-refractivity contribution in [3.8, 4) is 5.75 Å². The van der Waals surface area contributed by atoms with Gasteiger partial charge in [0, 0.05) is 39.5 Å². The fourth-order valence-corrected chi connectivity index (χ4v) is 28.8. The zero-order valence-corrected chi connectivity index (χ0v) is 44.4. The van der Waals surface area contributed by atoms with Crippen molar-refractivity contribution >= 4 is 319 Å². The summed E-state index contributed by atoms with van der Waals surface area (Å²) in [6.45, 7) is 0. The maximum Gasteiger partial charge on any atom is 0.336 e. The van der Waals surface area contributed by atoms with Crippen molar-refractivity contribution in [1.29, 1.82) is 0 Å². The Hall–Kier alpha value is -10.9. The van der Waals surface area contributed by atoms with Crippen LogP contribution in [0.4, 0.5) is 0 Å². The normalized spacial score (nSPS) is 21.9. The Morgan fingerprint density at radius 3 is 0.966 bits per heavy atom. The molecule has 5 aliphatic rings. The van der Waals surface area contributed by atoms with E-state index in [-0.39, 0.29) is 23.7 Å². The molecule has 0 radical (unpaired) electrons. The lowest BCUT2D eigenvalue weighted by Crippen LogP contribution is -2.27. The highest BCUT2D eigenvalue weighted by Gasteiger charge is 2.94. The van der Waals surface area contributed by atoms with Gasteiger partial charge in [-0.1, -0.05) is 30.3 Å². The zero-order chi connectivity index (χ0) is 52.9. The number of carbonyl (C=O) groups excluding carboxylic acids is 1. The Labute approximate surface area is 474 Å². The third-order valence-corrected chi connectivity index (χ3v) is 29.2. The van der Waals surface area contributed by atoms with Gasteiger partial charge in [0.2, 0.25) is 5.75 Å². The fraction of sp³-hybridized carbons (Fsp3) is 0.0732. The number of furan rings is 1. The minimum atomic E-state index is -0.497. The molecular weight excluding hydrogens is 1060 g/mol. The van der Waals surface area contributed by atoms with E-state index in [1.165, 1.54) is 11.6 Å². The van der Waals surface area contributed by atoms with E-state index in [4.69, 9.17) is 13.6 Å². The van der Waals surface area contributed by atoms with Crippen LogP contribution in [0, 0.1) is 0 Å². The molecule has 0 N–H and O–H groups in total. The summed E-state index contributed by atoms with van der Waals surface area (Å²) in [6, 6.07) is 18.9. The van der Waals surface area contributed by atoms with Crippen molar-refractivity contribution in [2.45, 2.75) is 35.5 Å². The molecule has 1 fully saturated rings. The maximum absolute atomic E-state index is 15.2. The average molecular weight is 1080 g/mol. The van der Waals surface area contributed by atoms with Crippen molar-refractivity contribution in [3.05, 3.63) is 99.1 Å². The van der Waals surface area contributed by atoms with Gasteiger partial charge in [0.1, 0.15) is 0 Å². The van der Waals surface area contributed by atoms with Gasteiger partial charge in [-0.25, -0.2) is 4.79 Å². The predicted octanol–water partition coefficient (Wildman–Crippen LogP) is 20.9. The average Bonchev–Trinajstić information content (AvgIpc) is 1.36. The first-order chi connectivity index (χ1) is 43.2. The minimum absolute atomic E-state index is 0.183. The van der Waals surface area contributed by atoms with Crippen molar-refractivity contribution in [3.63, 3.8) is 0 Å². The van der Waals surface area contributed by atoms with Crippen LogP contribution in [0.3, 0.4) is 0 Å². The second-order valence-electron chi connectivity index (χ2n) is 30.1. The van der Waals surface area contributed by atoms with Crippen LogP contribution in [0.2, 0.25) is 0 Å². The van der Waals surface area contributed by atoms with Crippen LogP contribution in [0.15, 0.2) is 74.5 Å². The lowest BCUT2D eigenvalue weighted by atomic mass is 9.68.